The van der Waals surface area contributed by atoms with Gasteiger partial charge in [-0.15, -0.1) is 0 Å². The van der Waals surface area contributed by atoms with Crippen molar-refractivity contribution >= 4 is 6.03 Å². The minimum Gasteiger partial charge on any atom is -0.322 e. The summed E-state index contributed by atoms with van der Waals surface area (Å²) < 4.78 is 1.99. The van der Waals surface area contributed by atoms with Gasteiger partial charge in [0.15, 0.2) is 0 Å². The fourth-order valence-corrected chi connectivity index (χ4v) is 4.65. The summed E-state index contributed by atoms with van der Waals surface area (Å²) in [5.41, 5.74) is 2.79. The number of amides is 2. The molecule has 5 rings (SSSR count). The molecule has 124 valence electrons. The Labute approximate surface area is 141 Å². The Kier molecular flexibility index (Phi) is 3.15. The lowest BCUT2D eigenvalue weighted by Crippen LogP contribution is -2.57. The summed E-state index contributed by atoms with van der Waals surface area (Å²) >= 11 is 0. The maximum Gasteiger partial charge on any atom is 0.320 e. The van der Waals surface area contributed by atoms with Crippen LogP contribution in [0.2, 0.25) is 0 Å². The van der Waals surface area contributed by atoms with Crippen LogP contribution in [0.4, 0.5) is 4.79 Å². The van der Waals surface area contributed by atoms with Gasteiger partial charge in [-0.2, -0.15) is 5.10 Å². The van der Waals surface area contributed by atoms with Gasteiger partial charge in [0.2, 0.25) is 0 Å². The lowest BCUT2D eigenvalue weighted by Gasteiger charge is -2.52. The maximum absolute atomic E-state index is 13.0. The van der Waals surface area contributed by atoms with E-state index in [0.29, 0.717) is 18.0 Å². The molecule has 3 aliphatic rings. The lowest BCUT2D eigenvalue weighted by molar-refractivity contribution is 0.0217. The fourth-order valence-electron chi connectivity index (χ4n) is 4.65. The van der Waals surface area contributed by atoms with Crippen molar-refractivity contribution in [3.05, 3.63) is 53.9 Å². The Morgan fingerprint density at radius 2 is 2.04 bits per heavy atom. The highest BCUT2D eigenvalue weighted by Crippen LogP contribution is 2.47. The van der Waals surface area contributed by atoms with Gasteiger partial charge in [-0.1, -0.05) is 24.3 Å². The van der Waals surface area contributed by atoms with Crippen LogP contribution in [-0.2, 0) is 6.42 Å². The Morgan fingerprint density at radius 3 is 2.92 bits per heavy atom. The number of urea groups is 1. The second-order valence-electron chi connectivity index (χ2n) is 7.25. The largest absolute Gasteiger partial charge is 0.322 e. The molecule has 0 bridgehead atoms. The number of hydrogen-bond acceptors (Lipinski definition) is 2. The predicted molar refractivity (Wildman–Crippen MR) is 90.6 cm³/mol. The van der Waals surface area contributed by atoms with E-state index in [4.69, 9.17) is 0 Å². The van der Waals surface area contributed by atoms with E-state index >= 15 is 0 Å². The minimum atomic E-state index is 0.211. The summed E-state index contributed by atoms with van der Waals surface area (Å²) in [4.78, 5) is 17.1. The van der Waals surface area contributed by atoms with Gasteiger partial charge in [-0.25, -0.2) is 4.79 Å². The van der Waals surface area contributed by atoms with Gasteiger partial charge in [0, 0.05) is 37.9 Å². The minimum absolute atomic E-state index is 0.211. The van der Waals surface area contributed by atoms with Crippen molar-refractivity contribution in [2.45, 2.75) is 31.3 Å². The number of aryl methyl sites for hydroxylation is 1. The van der Waals surface area contributed by atoms with Crippen molar-refractivity contribution in [2.75, 3.05) is 19.6 Å². The smallest absolute Gasteiger partial charge is 0.320 e. The molecular formula is C19H22N4O. The van der Waals surface area contributed by atoms with E-state index in [-0.39, 0.29) is 6.03 Å². The topological polar surface area (TPSA) is 41.4 Å². The standard InChI is InChI=1S/C19H22N4O/c24-19(21-11-8-16(13-21)23-10-3-9-20-23)22-12-15-7-6-14-4-1-2-5-17(14)18(15)22/h1-5,9-10,15-16,18H,6-8,11-13H2/t15-,16?,18+/m0/s1. The molecule has 0 saturated carbocycles. The molecule has 5 heteroatoms. The van der Waals surface area contributed by atoms with Gasteiger partial charge in [-0.05, 0) is 36.5 Å². The first-order chi connectivity index (χ1) is 11.8. The number of carbonyl (C=O) groups excluding carboxylic acids is 1. The molecule has 3 heterocycles. The predicted octanol–water partition coefficient (Wildman–Crippen LogP) is 2.87. The third-order valence-electron chi connectivity index (χ3n) is 5.95. The van der Waals surface area contributed by atoms with Gasteiger partial charge in [0.05, 0.1) is 12.1 Å². The lowest BCUT2D eigenvalue weighted by atomic mass is 9.73. The van der Waals surface area contributed by atoms with E-state index in [9.17, 15) is 4.79 Å². The van der Waals surface area contributed by atoms with Crippen LogP contribution in [-0.4, -0.2) is 45.2 Å². The molecule has 5 nitrogen and oxygen atoms in total. The zero-order chi connectivity index (χ0) is 16.1. The van der Waals surface area contributed by atoms with Crippen LogP contribution >= 0.6 is 0 Å². The molecule has 2 amide bonds. The molecule has 2 fully saturated rings. The van der Waals surface area contributed by atoms with Gasteiger partial charge in [-0.3, -0.25) is 4.68 Å². The number of fused-ring (bicyclic) bond motifs is 3. The third kappa shape index (κ3) is 2.07. The number of benzene rings is 1. The highest BCUT2D eigenvalue weighted by molar-refractivity contribution is 5.76. The Bertz CT molecular complexity index is 756. The van der Waals surface area contributed by atoms with Gasteiger partial charge < -0.3 is 9.80 Å². The molecule has 3 atom stereocenters. The normalized spacial score (nSPS) is 28.2. The molecule has 2 saturated heterocycles. The van der Waals surface area contributed by atoms with E-state index in [0.717, 1.165) is 32.5 Å². The van der Waals surface area contributed by atoms with E-state index in [1.165, 1.54) is 17.5 Å². The molecule has 24 heavy (non-hydrogen) atoms. The summed E-state index contributed by atoms with van der Waals surface area (Å²) in [6.07, 6.45) is 7.16. The van der Waals surface area contributed by atoms with Crippen LogP contribution in [0, 0.1) is 5.92 Å². The first-order valence-corrected chi connectivity index (χ1v) is 8.94. The summed E-state index contributed by atoms with van der Waals surface area (Å²) in [5.74, 6) is 0.647. The molecular weight excluding hydrogens is 300 g/mol. The quantitative estimate of drug-likeness (QED) is 0.810. The molecule has 0 spiro atoms. The number of rotatable bonds is 1. The first kappa shape index (κ1) is 14.1. The van der Waals surface area contributed by atoms with Crippen molar-refractivity contribution in [2.24, 2.45) is 5.92 Å². The average Bonchev–Trinajstić information content (AvgIpc) is 3.26. The van der Waals surface area contributed by atoms with Crippen molar-refractivity contribution in [1.29, 1.82) is 0 Å². The molecule has 2 aliphatic heterocycles. The van der Waals surface area contributed by atoms with Gasteiger partial charge in [0.25, 0.3) is 0 Å². The van der Waals surface area contributed by atoms with Crippen LogP contribution in [0.5, 0.6) is 0 Å². The second-order valence-corrected chi connectivity index (χ2v) is 7.25. The van der Waals surface area contributed by atoms with E-state index in [1.54, 1.807) is 0 Å². The van der Waals surface area contributed by atoms with Crippen LogP contribution in [0.3, 0.4) is 0 Å². The SMILES string of the molecule is O=C(N1CCC(n2cccn2)C1)N1C[C@@H]2CCc3ccccc3[C@@H]21. The zero-order valence-electron chi connectivity index (χ0n) is 13.7. The monoisotopic (exact) mass is 322 g/mol. The molecule has 0 N–H and O–H groups in total. The number of nitrogens with zero attached hydrogens (tertiary/aromatic N) is 4. The number of aromatic nitrogens is 2. The Hall–Kier alpha value is -2.30. The third-order valence-corrected chi connectivity index (χ3v) is 5.95. The molecule has 1 aliphatic carbocycles. The van der Waals surface area contributed by atoms with E-state index < -0.39 is 0 Å². The molecule has 1 unspecified atom stereocenters. The van der Waals surface area contributed by atoms with Crippen LogP contribution < -0.4 is 0 Å². The van der Waals surface area contributed by atoms with E-state index in [1.807, 2.05) is 28.0 Å². The molecule has 1 aromatic carbocycles. The second kappa shape index (κ2) is 5.36. The number of hydrogen-bond donors (Lipinski definition) is 0. The molecule has 2 aromatic rings. The summed E-state index contributed by atoms with van der Waals surface area (Å²) in [6.45, 7) is 2.52. The summed E-state index contributed by atoms with van der Waals surface area (Å²) in [5, 5.41) is 4.33. The van der Waals surface area contributed by atoms with Gasteiger partial charge in [0.1, 0.15) is 0 Å². The Morgan fingerprint density at radius 1 is 1.12 bits per heavy atom. The van der Waals surface area contributed by atoms with Gasteiger partial charge >= 0.3 is 6.03 Å². The number of likely N-dealkylation sites (tertiary alicyclic amines) is 2. The summed E-state index contributed by atoms with van der Waals surface area (Å²) in [7, 11) is 0. The van der Waals surface area contributed by atoms with Crippen LogP contribution in [0.15, 0.2) is 42.7 Å². The highest BCUT2D eigenvalue weighted by atomic mass is 16.2. The maximum atomic E-state index is 13.0. The summed E-state index contributed by atoms with van der Waals surface area (Å²) in [6, 6.07) is 11.4. The van der Waals surface area contributed by atoms with E-state index in [2.05, 4.69) is 34.3 Å². The van der Waals surface area contributed by atoms with Crippen molar-refractivity contribution in [3.8, 4) is 0 Å². The fraction of sp³-hybridized carbons (Fsp3) is 0.474. The first-order valence-electron chi connectivity index (χ1n) is 8.94. The van der Waals surface area contributed by atoms with Crippen molar-refractivity contribution < 1.29 is 4.79 Å². The van der Waals surface area contributed by atoms with Crippen LogP contribution in [0.1, 0.15) is 36.1 Å². The zero-order valence-corrected chi connectivity index (χ0v) is 13.7. The highest BCUT2D eigenvalue weighted by Gasteiger charge is 2.47. The average molecular weight is 322 g/mol. The Balaban J connectivity index is 1.33. The molecule has 0 radical (unpaired) electrons. The molecule has 1 aromatic heterocycles. The van der Waals surface area contributed by atoms with Crippen molar-refractivity contribution in [3.63, 3.8) is 0 Å². The van der Waals surface area contributed by atoms with Crippen molar-refractivity contribution in [1.82, 2.24) is 19.6 Å². The van der Waals surface area contributed by atoms with Crippen LogP contribution in [0.25, 0.3) is 0 Å². The number of carbonyl (C=O) groups is 1.